The molecule has 45 heavy (non-hydrogen) atoms. The van der Waals surface area contributed by atoms with Gasteiger partial charge in [-0.2, -0.15) is 26.3 Å². The van der Waals surface area contributed by atoms with Crippen molar-refractivity contribution in [3.63, 3.8) is 0 Å². The van der Waals surface area contributed by atoms with Crippen LogP contribution in [0.25, 0.3) is 0 Å². The summed E-state index contributed by atoms with van der Waals surface area (Å²) >= 11 is 14.1. The molecule has 238 valence electrons. The molecule has 0 spiro atoms. The zero-order chi connectivity index (χ0) is 33.2. The van der Waals surface area contributed by atoms with Crippen molar-refractivity contribution in [2.24, 2.45) is 17.8 Å². The molecule has 3 fully saturated rings. The van der Waals surface area contributed by atoms with Crippen molar-refractivity contribution in [3.05, 3.63) is 70.3 Å². The highest BCUT2D eigenvalue weighted by atomic mass is 35.5. The number of carbonyl (C=O) groups excluding carboxylic acids is 4. The van der Waals surface area contributed by atoms with Crippen molar-refractivity contribution in [1.29, 1.82) is 0 Å². The van der Waals surface area contributed by atoms with Crippen LogP contribution in [0, 0.1) is 24.7 Å². The molecule has 2 aromatic rings. The molecule has 2 aliphatic carbocycles. The lowest BCUT2D eigenvalue weighted by atomic mass is 9.56. The Morgan fingerprint density at radius 1 is 0.867 bits per heavy atom. The van der Waals surface area contributed by atoms with Crippen LogP contribution in [0.5, 0.6) is 5.75 Å². The second-order valence-electron chi connectivity index (χ2n) is 11.8. The van der Waals surface area contributed by atoms with Crippen molar-refractivity contribution in [2.45, 2.75) is 47.8 Å². The van der Waals surface area contributed by atoms with Gasteiger partial charge in [0.15, 0.2) is 9.75 Å². The van der Waals surface area contributed by atoms with Crippen molar-refractivity contribution in [1.82, 2.24) is 4.90 Å². The first-order chi connectivity index (χ1) is 20.7. The molecule has 2 saturated heterocycles. The summed E-state index contributed by atoms with van der Waals surface area (Å²) < 4.78 is 81.7. The van der Waals surface area contributed by atoms with Crippen LogP contribution in [-0.4, -0.2) is 50.4 Å². The van der Waals surface area contributed by atoms with E-state index in [4.69, 9.17) is 23.2 Å². The third-order valence-electron chi connectivity index (χ3n) is 9.40. The van der Waals surface area contributed by atoms with Crippen LogP contribution >= 0.6 is 23.2 Å². The van der Waals surface area contributed by atoms with Crippen LogP contribution in [0.1, 0.15) is 41.0 Å². The summed E-state index contributed by atoms with van der Waals surface area (Å²) in [6.45, 7) is 1.58. The number of aryl methyl sites for hydroxylation is 1. The maximum absolute atomic E-state index is 14.0. The zero-order valence-corrected chi connectivity index (χ0v) is 24.8. The van der Waals surface area contributed by atoms with Gasteiger partial charge in [-0.3, -0.25) is 24.1 Å². The molecule has 15 heteroatoms. The van der Waals surface area contributed by atoms with E-state index in [1.165, 1.54) is 25.2 Å². The van der Waals surface area contributed by atoms with Crippen molar-refractivity contribution < 1.29 is 50.6 Å². The number of hydrogen-bond acceptors (Lipinski definition) is 5. The van der Waals surface area contributed by atoms with Crippen LogP contribution in [-0.2, 0) is 31.5 Å². The first-order valence-electron chi connectivity index (χ1n) is 13.6. The number of alkyl halides is 8. The Kier molecular flexibility index (Phi) is 6.78. The Labute approximate surface area is 261 Å². The second kappa shape index (κ2) is 9.71. The van der Waals surface area contributed by atoms with Gasteiger partial charge in [-0.05, 0) is 61.1 Å². The number of halogens is 8. The van der Waals surface area contributed by atoms with Crippen molar-refractivity contribution in [3.8, 4) is 5.75 Å². The number of hydrogen-bond donors (Lipinski definition) is 1. The fraction of sp³-hybridized carbons (Fsp3) is 0.400. The molecular formula is C30H22Cl2F6N2O5. The molecule has 1 N–H and O–H groups in total. The van der Waals surface area contributed by atoms with E-state index in [-0.39, 0.29) is 18.2 Å². The highest BCUT2D eigenvalue weighted by Crippen LogP contribution is 2.65. The Hall–Kier alpha value is -3.58. The molecule has 4 aliphatic rings. The maximum Gasteiger partial charge on any atom is 0.416 e. The van der Waals surface area contributed by atoms with Crippen LogP contribution in [0.15, 0.2) is 48.0 Å². The highest BCUT2D eigenvalue weighted by Gasteiger charge is 2.76. The smallest absolute Gasteiger partial charge is 0.416 e. The van der Waals surface area contributed by atoms with Gasteiger partial charge in [0, 0.05) is 13.0 Å². The molecule has 0 radical (unpaired) electrons. The molecule has 6 unspecified atom stereocenters. The number of likely N-dealkylation sites (tertiary alicyclic amines) is 1. The van der Waals surface area contributed by atoms with Gasteiger partial charge in [0.05, 0.1) is 28.7 Å². The van der Waals surface area contributed by atoms with E-state index in [1.54, 1.807) is 13.0 Å². The van der Waals surface area contributed by atoms with Crippen molar-refractivity contribution in [2.75, 3.05) is 11.9 Å². The van der Waals surface area contributed by atoms with Crippen LogP contribution < -0.4 is 4.90 Å². The summed E-state index contributed by atoms with van der Waals surface area (Å²) in [6.07, 6.45) is -9.46. The third-order valence-corrected chi connectivity index (χ3v) is 10.8. The number of carbonyl (C=O) groups is 4. The number of aromatic hydroxyl groups is 1. The van der Waals surface area contributed by atoms with E-state index in [2.05, 4.69) is 0 Å². The van der Waals surface area contributed by atoms with Crippen molar-refractivity contribution >= 4 is 52.5 Å². The maximum atomic E-state index is 14.0. The number of fused-ring (bicyclic) bond motifs is 4. The standard InChI is InChI=1S/C30H22Cl2F6N2O5/c1-12-7-13(3-6-20(12)41)22-17-4-5-18-21(19(17)11-27(31)25(44)39(2)26(45)28(22,27)32)24(43)40(23(18)42)16-9-14(29(33,34)35)8-15(10-16)30(36,37)38/h3-4,6-10,18-19,21-22,41H,5,11H2,1-2H3. The third kappa shape index (κ3) is 4.25. The predicted molar refractivity (Wildman–Crippen MR) is 147 cm³/mol. The van der Waals surface area contributed by atoms with Gasteiger partial charge in [-0.15, -0.1) is 23.2 Å². The summed E-state index contributed by atoms with van der Waals surface area (Å²) in [6, 6.07) is 4.85. The molecule has 6 atom stereocenters. The fourth-order valence-corrected chi connectivity index (χ4v) is 8.32. The van der Waals surface area contributed by atoms with E-state index in [1.807, 2.05) is 0 Å². The monoisotopic (exact) mass is 674 g/mol. The molecule has 1 saturated carbocycles. The quantitative estimate of drug-likeness (QED) is 0.184. The van der Waals surface area contributed by atoms with E-state index in [9.17, 15) is 50.6 Å². The Morgan fingerprint density at radius 2 is 1.47 bits per heavy atom. The molecule has 0 aromatic heterocycles. The van der Waals surface area contributed by atoms with Gasteiger partial charge in [0.25, 0.3) is 11.8 Å². The van der Waals surface area contributed by atoms with Crippen LogP contribution in [0.4, 0.5) is 32.0 Å². The van der Waals surface area contributed by atoms with E-state index in [0.717, 1.165) is 4.90 Å². The van der Waals surface area contributed by atoms with Gasteiger partial charge in [0.2, 0.25) is 11.8 Å². The van der Waals surface area contributed by atoms with Gasteiger partial charge < -0.3 is 5.11 Å². The minimum atomic E-state index is -5.22. The topological polar surface area (TPSA) is 95.0 Å². The lowest BCUT2D eigenvalue weighted by molar-refractivity contribution is -0.143. The summed E-state index contributed by atoms with van der Waals surface area (Å²) in [5, 5.41) is 10.1. The largest absolute Gasteiger partial charge is 0.508 e. The summed E-state index contributed by atoms with van der Waals surface area (Å²) in [5.74, 6) is -8.60. The average molecular weight is 675 g/mol. The first-order valence-corrected chi connectivity index (χ1v) is 14.4. The minimum absolute atomic E-state index is 0.0815. The lowest BCUT2D eigenvalue weighted by Crippen LogP contribution is -2.60. The molecule has 2 heterocycles. The van der Waals surface area contributed by atoms with Gasteiger partial charge in [-0.25, -0.2) is 4.90 Å². The van der Waals surface area contributed by atoms with Gasteiger partial charge in [0.1, 0.15) is 5.75 Å². The van der Waals surface area contributed by atoms with E-state index < -0.39 is 92.6 Å². The zero-order valence-electron chi connectivity index (χ0n) is 23.3. The number of phenols is 1. The summed E-state index contributed by atoms with van der Waals surface area (Å²) in [5.41, 5.74) is -3.19. The number of benzene rings is 2. The lowest BCUT2D eigenvalue weighted by Gasteiger charge is -2.50. The second-order valence-corrected chi connectivity index (χ2v) is 13.1. The van der Waals surface area contributed by atoms with E-state index >= 15 is 0 Å². The number of imide groups is 2. The van der Waals surface area contributed by atoms with Crippen LogP contribution in [0.2, 0.25) is 0 Å². The number of phenolic OH excluding ortho intramolecular Hbond substituents is 1. The number of nitrogens with zero attached hydrogens (tertiary/aromatic N) is 2. The van der Waals surface area contributed by atoms with E-state index in [0.29, 0.717) is 33.7 Å². The molecule has 2 aliphatic heterocycles. The van der Waals surface area contributed by atoms with Crippen LogP contribution in [0.3, 0.4) is 0 Å². The normalized spacial score (nSPS) is 31.6. The predicted octanol–water partition coefficient (Wildman–Crippen LogP) is 5.93. The Balaban J connectivity index is 1.50. The van der Waals surface area contributed by atoms with Gasteiger partial charge in [-0.1, -0.05) is 23.8 Å². The number of allylic oxidation sites excluding steroid dienone is 2. The molecule has 0 bridgehead atoms. The molecule has 2 aromatic carbocycles. The molecule has 7 nitrogen and oxygen atoms in total. The Bertz CT molecular complexity index is 1710. The fourth-order valence-electron chi connectivity index (χ4n) is 7.30. The average Bonchev–Trinajstić information content (AvgIpc) is 3.28. The molecule has 6 rings (SSSR count). The molecule has 4 amide bonds. The number of anilines is 1. The number of amides is 4. The summed E-state index contributed by atoms with van der Waals surface area (Å²) in [4.78, 5) is 51.5. The summed E-state index contributed by atoms with van der Waals surface area (Å²) in [7, 11) is 1.19. The van der Waals surface area contributed by atoms with Gasteiger partial charge >= 0.3 is 12.4 Å². The SMILES string of the molecule is Cc1cc(C2C3=CCC4C(=O)N(c5cc(C(F)(F)F)cc(C(F)(F)F)c5)C(=O)C4C3CC3(Cl)C(=O)N(C)C(=O)C23Cl)ccc1O. The Morgan fingerprint density at radius 3 is 2.02 bits per heavy atom. The minimum Gasteiger partial charge on any atom is -0.508 e. The molecular weight excluding hydrogens is 653 g/mol. The highest BCUT2D eigenvalue weighted by molar-refractivity contribution is 6.53. The first kappa shape index (κ1) is 31.4. The number of rotatable bonds is 2.